The molecule has 0 aliphatic carbocycles. The molecule has 3 aliphatic heterocycles. The molecule has 2 N–H and O–H groups in total. The Balaban J connectivity index is 0.000000771. The van der Waals surface area contributed by atoms with E-state index in [9.17, 15) is 4.79 Å². The summed E-state index contributed by atoms with van der Waals surface area (Å²) in [6, 6.07) is 0. The minimum atomic E-state index is -0.651. The average Bonchev–Trinajstić information content (AvgIpc) is 2.39. The standard InChI is InChI=1S/C11H22N3O2.C2H6/c1-13-4-7-14(8-5-13,9-6-13)3-2-10-16-11(12)15;1-2/h2-10H2,1H3,(H-,12,15);1-2H3/q+1;/p+1. The van der Waals surface area contributed by atoms with E-state index in [2.05, 4.69) is 7.05 Å². The third-order valence-electron chi connectivity index (χ3n) is 4.36. The highest BCUT2D eigenvalue weighted by atomic mass is 16.5. The molecule has 0 atom stereocenters. The zero-order chi connectivity index (χ0) is 13.6. The molecule has 3 saturated heterocycles. The van der Waals surface area contributed by atoms with Crippen molar-refractivity contribution in [3.8, 4) is 0 Å². The molecule has 0 radical (unpaired) electrons. The van der Waals surface area contributed by atoms with Crippen LogP contribution in [0.3, 0.4) is 0 Å². The Kier molecular flexibility index (Phi) is 5.41. The van der Waals surface area contributed by atoms with E-state index in [4.69, 9.17) is 10.5 Å². The van der Waals surface area contributed by atoms with Crippen LogP contribution in [0.4, 0.5) is 4.79 Å². The van der Waals surface area contributed by atoms with Gasteiger partial charge in [-0.1, -0.05) is 13.8 Å². The van der Waals surface area contributed by atoms with Crippen LogP contribution in [0.5, 0.6) is 0 Å². The number of ether oxygens (including phenoxy) is 1. The lowest BCUT2D eigenvalue weighted by atomic mass is 10.1. The maximum Gasteiger partial charge on any atom is 0.404 e. The fourth-order valence-corrected chi connectivity index (χ4v) is 2.94. The van der Waals surface area contributed by atoms with Crippen molar-refractivity contribution in [3.05, 3.63) is 0 Å². The van der Waals surface area contributed by atoms with Gasteiger partial charge in [0.1, 0.15) is 39.3 Å². The molecule has 1 amide bonds. The van der Waals surface area contributed by atoms with Gasteiger partial charge in [-0.15, -0.1) is 0 Å². The molecule has 0 aromatic carbocycles. The molecule has 0 spiro atoms. The van der Waals surface area contributed by atoms with Gasteiger partial charge in [0.05, 0.1) is 20.2 Å². The Bertz CT molecular complexity index is 257. The highest BCUT2D eigenvalue weighted by molar-refractivity contribution is 5.64. The van der Waals surface area contributed by atoms with Crippen LogP contribution in [0.2, 0.25) is 0 Å². The van der Waals surface area contributed by atoms with Crippen LogP contribution in [-0.4, -0.2) is 74.5 Å². The van der Waals surface area contributed by atoms with Gasteiger partial charge < -0.3 is 19.4 Å². The van der Waals surface area contributed by atoms with Crippen LogP contribution < -0.4 is 5.73 Å². The first-order valence-corrected chi connectivity index (χ1v) is 7.15. The molecule has 3 fully saturated rings. The quantitative estimate of drug-likeness (QED) is 0.599. The lowest BCUT2D eigenvalue weighted by molar-refractivity contribution is -1.07. The topological polar surface area (TPSA) is 52.3 Å². The molecule has 5 heteroatoms. The van der Waals surface area contributed by atoms with E-state index >= 15 is 0 Å². The number of nitrogens with zero attached hydrogens (tertiary/aromatic N) is 2. The minimum Gasteiger partial charge on any atom is -0.449 e. The summed E-state index contributed by atoms with van der Waals surface area (Å²) in [4.78, 5) is 10.4. The highest BCUT2D eigenvalue weighted by Gasteiger charge is 2.46. The van der Waals surface area contributed by atoms with E-state index < -0.39 is 6.09 Å². The molecule has 106 valence electrons. The third kappa shape index (κ3) is 3.85. The van der Waals surface area contributed by atoms with Crippen molar-refractivity contribution in [2.24, 2.45) is 5.73 Å². The first kappa shape index (κ1) is 15.2. The van der Waals surface area contributed by atoms with Crippen LogP contribution in [0.15, 0.2) is 0 Å². The summed E-state index contributed by atoms with van der Waals surface area (Å²) in [5, 5.41) is 0. The zero-order valence-corrected chi connectivity index (χ0v) is 12.2. The second-order valence-corrected chi connectivity index (χ2v) is 5.55. The van der Waals surface area contributed by atoms with Crippen LogP contribution in [0.25, 0.3) is 0 Å². The number of amides is 1. The van der Waals surface area contributed by atoms with Gasteiger partial charge in [-0.2, -0.15) is 0 Å². The lowest BCUT2D eigenvalue weighted by Crippen LogP contribution is -2.73. The van der Waals surface area contributed by atoms with Gasteiger partial charge in [0, 0.05) is 6.42 Å². The van der Waals surface area contributed by atoms with Crippen LogP contribution in [0, 0.1) is 0 Å². The highest BCUT2D eigenvalue weighted by Crippen LogP contribution is 2.24. The molecule has 2 bridgehead atoms. The van der Waals surface area contributed by atoms with Crippen molar-refractivity contribution < 1.29 is 18.5 Å². The first-order valence-electron chi connectivity index (χ1n) is 7.15. The van der Waals surface area contributed by atoms with Crippen molar-refractivity contribution in [1.29, 1.82) is 0 Å². The molecule has 3 rings (SSSR count). The van der Waals surface area contributed by atoms with Crippen LogP contribution >= 0.6 is 0 Å². The molecule has 3 aliphatic rings. The molecule has 0 aromatic heterocycles. The monoisotopic (exact) mass is 259 g/mol. The third-order valence-corrected chi connectivity index (χ3v) is 4.36. The summed E-state index contributed by atoms with van der Waals surface area (Å²) in [5.74, 6) is 0. The van der Waals surface area contributed by atoms with Crippen molar-refractivity contribution in [2.45, 2.75) is 20.3 Å². The first-order chi connectivity index (χ1) is 8.54. The van der Waals surface area contributed by atoms with E-state index in [0.717, 1.165) is 13.0 Å². The number of primary amides is 1. The maximum atomic E-state index is 10.4. The lowest BCUT2D eigenvalue weighted by Gasteiger charge is -2.54. The minimum absolute atomic E-state index is 0.474. The molecule has 0 unspecified atom stereocenters. The van der Waals surface area contributed by atoms with Crippen LogP contribution in [0.1, 0.15) is 20.3 Å². The number of likely N-dealkylation sites (N-methyl/N-ethyl adjacent to an activating group) is 1. The Morgan fingerprint density at radius 1 is 1.11 bits per heavy atom. The number of hydrogen-bond donors (Lipinski definition) is 1. The summed E-state index contributed by atoms with van der Waals surface area (Å²) in [6.07, 6.45) is 0.286. The van der Waals surface area contributed by atoms with E-state index in [-0.39, 0.29) is 0 Å². The van der Waals surface area contributed by atoms with Crippen LogP contribution in [-0.2, 0) is 4.74 Å². The zero-order valence-electron chi connectivity index (χ0n) is 12.2. The smallest absolute Gasteiger partial charge is 0.404 e. The number of quaternary nitrogens is 2. The Labute approximate surface area is 111 Å². The molecular weight excluding hydrogens is 230 g/mol. The summed E-state index contributed by atoms with van der Waals surface area (Å²) in [7, 11) is 2.36. The number of nitrogens with two attached hydrogens (primary N) is 1. The predicted molar refractivity (Wildman–Crippen MR) is 72.0 cm³/mol. The number of carbonyl (C=O) groups is 1. The second kappa shape index (κ2) is 6.38. The van der Waals surface area contributed by atoms with Gasteiger partial charge in [0.2, 0.25) is 0 Å². The predicted octanol–water partition coefficient (Wildman–Crippen LogP) is 0.789. The average molecular weight is 259 g/mol. The van der Waals surface area contributed by atoms with Crippen molar-refractivity contribution in [2.75, 3.05) is 59.5 Å². The Morgan fingerprint density at radius 3 is 2.06 bits per heavy atom. The fourth-order valence-electron chi connectivity index (χ4n) is 2.94. The Hall–Kier alpha value is -0.810. The van der Waals surface area contributed by atoms with Gasteiger partial charge in [0.25, 0.3) is 0 Å². The molecule has 5 nitrogen and oxygen atoms in total. The SMILES string of the molecule is CC.C[N+]12CC[N+](CCCOC(N)=O)(CC1)CC2. The molecular formula is C13H29N3O2+2. The number of carbonyl (C=O) groups excluding carboxylic acids is 1. The van der Waals surface area contributed by atoms with Gasteiger partial charge in [-0.3, -0.25) is 0 Å². The van der Waals surface area contributed by atoms with Gasteiger partial charge >= 0.3 is 6.09 Å². The normalized spacial score (nSPS) is 33.5. The van der Waals surface area contributed by atoms with Gasteiger partial charge in [-0.05, 0) is 0 Å². The summed E-state index contributed by atoms with van der Waals surface area (Å²) >= 11 is 0. The number of rotatable bonds is 4. The largest absolute Gasteiger partial charge is 0.449 e. The Morgan fingerprint density at radius 2 is 1.61 bits per heavy atom. The number of piperazine rings is 3. The van der Waals surface area contributed by atoms with E-state index in [1.54, 1.807) is 0 Å². The maximum absolute atomic E-state index is 10.4. The summed E-state index contributed by atoms with van der Waals surface area (Å²) in [5.41, 5.74) is 4.93. The molecule has 0 aromatic rings. The number of hydrogen-bond acceptors (Lipinski definition) is 2. The van der Waals surface area contributed by atoms with E-state index in [1.165, 1.54) is 48.2 Å². The fraction of sp³-hybridized carbons (Fsp3) is 0.923. The summed E-state index contributed by atoms with van der Waals surface area (Å²) < 4.78 is 7.27. The van der Waals surface area contributed by atoms with Crippen molar-refractivity contribution >= 4 is 6.09 Å². The van der Waals surface area contributed by atoms with Gasteiger partial charge in [-0.25, -0.2) is 4.79 Å². The number of fused-ring (bicyclic) bond motifs is 3. The molecule has 18 heavy (non-hydrogen) atoms. The molecule has 0 saturated carbocycles. The second-order valence-electron chi connectivity index (χ2n) is 5.55. The van der Waals surface area contributed by atoms with Gasteiger partial charge in [0.15, 0.2) is 0 Å². The summed E-state index contributed by atoms with van der Waals surface area (Å²) in [6.45, 7) is 13.4. The van der Waals surface area contributed by atoms with E-state index in [1.807, 2.05) is 13.8 Å². The molecule has 3 heterocycles. The van der Waals surface area contributed by atoms with E-state index in [0.29, 0.717) is 6.61 Å². The van der Waals surface area contributed by atoms with Crippen molar-refractivity contribution in [1.82, 2.24) is 0 Å². The van der Waals surface area contributed by atoms with Crippen molar-refractivity contribution in [3.63, 3.8) is 0 Å².